The van der Waals surface area contributed by atoms with Gasteiger partial charge in [0.15, 0.2) is 0 Å². The van der Waals surface area contributed by atoms with Crippen molar-refractivity contribution in [2.75, 3.05) is 0 Å². The molecular weight excluding hydrogens is 262 g/mol. The fourth-order valence-electron chi connectivity index (χ4n) is 1.54. The van der Waals surface area contributed by atoms with Gasteiger partial charge in [0, 0.05) is 5.56 Å². The highest BCUT2D eigenvalue weighted by Crippen LogP contribution is 2.29. The first-order valence-corrected chi connectivity index (χ1v) is 5.59. The number of hydrogen-bond donors (Lipinski definition) is 0. The van der Waals surface area contributed by atoms with Crippen molar-refractivity contribution < 1.29 is 9.18 Å². The van der Waals surface area contributed by atoms with Crippen LogP contribution >= 0.6 is 23.2 Å². The predicted octanol–water partition coefficient (Wildman–Crippen LogP) is 4.53. The Labute approximate surface area is 108 Å². The van der Waals surface area contributed by atoms with Crippen LogP contribution in [0.4, 0.5) is 4.39 Å². The fraction of sp³-hybridized carbons (Fsp3) is 0. The molecule has 0 heterocycles. The van der Waals surface area contributed by atoms with Crippen LogP contribution in [-0.2, 0) is 0 Å². The summed E-state index contributed by atoms with van der Waals surface area (Å²) in [5.41, 5.74) is 1.02. The average molecular weight is 269 g/mol. The van der Waals surface area contributed by atoms with Crippen molar-refractivity contribution in [3.05, 3.63) is 58.9 Å². The number of benzene rings is 2. The predicted molar refractivity (Wildman–Crippen MR) is 67.0 cm³/mol. The highest BCUT2D eigenvalue weighted by molar-refractivity contribution is 6.68. The molecule has 4 heteroatoms. The van der Waals surface area contributed by atoms with E-state index < -0.39 is 11.1 Å². The van der Waals surface area contributed by atoms with Gasteiger partial charge in [-0.1, -0.05) is 41.9 Å². The van der Waals surface area contributed by atoms with Gasteiger partial charge in [0.25, 0.3) is 5.24 Å². The monoisotopic (exact) mass is 268 g/mol. The third-order valence-electron chi connectivity index (χ3n) is 2.35. The smallest absolute Gasteiger partial charge is 0.253 e. The minimum absolute atomic E-state index is 0.0227. The second kappa shape index (κ2) is 4.86. The largest absolute Gasteiger partial charge is 0.276 e. The highest BCUT2D eigenvalue weighted by atomic mass is 35.5. The highest BCUT2D eigenvalue weighted by Gasteiger charge is 2.13. The van der Waals surface area contributed by atoms with Crippen LogP contribution in [0, 0.1) is 5.82 Å². The molecule has 0 saturated heterocycles. The first-order chi connectivity index (χ1) is 8.09. The average Bonchev–Trinajstić information content (AvgIpc) is 2.32. The molecule has 0 radical (unpaired) electrons. The zero-order valence-electron chi connectivity index (χ0n) is 8.58. The van der Waals surface area contributed by atoms with Gasteiger partial charge in [-0.25, -0.2) is 4.39 Å². The first kappa shape index (κ1) is 12.1. The number of carbonyl (C=O) groups excluding carboxylic acids is 1. The summed E-state index contributed by atoms with van der Waals surface area (Å²) in [5, 5.41) is -0.626. The molecule has 0 spiro atoms. The standard InChI is InChI=1S/C13H7Cl2FO/c14-11-6-9(8-4-2-1-3-5-8)12(16)7-10(11)13(15)17/h1-7H. The van der Waals surface area contributed by atoms with Gasteiger partial charge in [0.05, 0.1) is 10.6 Å². The molecule has 2 aromatic carbocycles. The van der Waals surface area contributed by atoms with E-state index in [4.69, 9.17) is 23.2 Å². The summed E-state index contributed by atoms with van der Waals surface area (Å²) in [6.45, 7) is 0. The van der Waals surface area contributed by atoms with Crippen molar-refractivity contribution in [3.8, 4) is 11.1 Å². The zero-order chi connectivity index (χ0) is 12.4. The third-order valence-corrected chi connectivity index (χ3v) is 2.87. The molecule has 2 rings (SSSR count). The maximum absolute atomic E-state index is 13.8. The molecule has 0 aliphatic rings. The summed E-state index contributed by atoms with van der Waals surface area (Å²) in [7, 11) is 0. The van der Waals surface area contributed by atoms with E-state index >= 15 is 0 Å². The van der Waals surface area contributed by atoms with Gasteiger partial charge >= 0.3 is 0 Å². The first-order valence-electron chi connectivity index (χ1n) is 4.84. The molecule has 0 aromatic heterocycles. The van der Waals surface area contributed by atoms with Gasteiger partial charge in [0.1, 0.15) is 5.82 Å². The molecule has 2 aromatic rings. The summed E-state index contributed by atoms with van der Waals surface area (Å²) in [6, 6.07) is 11.4. The SMILES string of the molecule is O=C(Cl)c1cc(F)c(-c2ccccc2)cc1Cl. The van der Waals surface area contributed by atoms with Gasteiger partial charge in [-0.2, -0.15) is 0 Å². The van der Waals surface area contributed by atoms with Crippen molar-refractivity contribution in [3.63, 3.8) is 0 Å². The van der Waals surface area contributed by atoms with Crippen molar-refractivity contribution in [1.29, 1.82) is 0 Å². The van der Waals surface area contributed by atoms with Crippen LogP contribution < -0.4 is 0 Å². The van der Waals surface area contributed by atoms with E-state index in [1.165, 1.54) is 6.07 Å². The van der Waals surface area contributed by atoms with Gasteiger partial charge in [-0.3, -0.25) is 4.79 Å². The lowest BCUT2D eigenvalue weighted by molar-refractivity contribution is 0.108. The molecule has 0 fully saturated rings. The normalized spacial score (nSPS) is 10.3. The Morgan fingerprint density at radius 1 is 1.12 bits per heavy atom. The summed E-state index contributed by atoms with van der Waals surface area (Å²) in [5.74, 6) is -0.524. The zero-order valence-corrected chi connectivity index (χ0v) is 10.1. The van der Waals surface area contributed by atoms with Gasteiger partial charge in [-0.05, 0) is 29.3 Å². The molecule has 0 saturated carbocycles. The Morgan fingerprint density at radius 3 is 2.35 bits per heavy atom. The Morgan fingerprint density at radius 2 is 1.76 bits per heavy atom. The summed E-state index contributed by atoms with van der Waals surface area (Å²) < 4.78 is 13.8. The van der Waals surface area contributed by atoms with Crippen LogP contribution in [0.5, 0.6) is 0 Å². The van der Waals surface area contributed by atoms with E-state index in [0.29, 0.717) is 11.1 Å². The van der Waals surface area contributed by atoms with Gasteiger partial charge < -0.3 is 0 Å². The minimum Gasteiger partial charge on any atom is -0.276 e. The Hall–Kier alpha value is -1.38. The van der Waals surface area contributed by atoms with Crippen molar-refractivity contribution in [2.45, 2.75) is 0 Å². The lowest BCUT2D eigenvalue weighted by Crippen LogP contribution is -1.94. The lowest BCUT2D eigenvalue weighted by Gasteiger charge is -2.06. The van der Waals surface area contributed by atoms with Gasteiger partial charge in [-0.15, -0.1) is 0 Å². The van der Waals surface area contributed by atoms with Crippen LogP contribution in [-0.4, -0.2) is 5.24 Å². The summed E-state index contributed by atoms with van der Waals surface area (Å²) in [6.07, 6.45) is 0. The van der Waals surface area contributed by atoms with Crippen molar-refractivity contribution in [1.82, 2.24) is 0 Å². The van der Waals surface area contributed by atoms with Crippen LogP contribution in [0.1, 0.15) is 10.4 Å². The number of hydrogen-bond acceptors (Lipinski definition) is 1. The second-order valence-electron chi connectivity index (χ2n) is 3.45. The Balaban J connectivity index is 2.58. The maximum Gasteiger partial charge on any atom is 0.253 e. The Kier molecular flexibility index (Phi) is 3.46. The van der Waals surface area contributed by atoms with E-state index in [2.05, 4.69) is 0 Å². The number of rotatable bonds is 2. The molecule has 0 N–H and O–H groups in total. The maximum atomic E-state index is 13.8. The van der Waals surface area contributed by atoms with Crippen LogP contribution in [0.15, 0.2) is 42.5 Å². The molecule has 0 aliphatic carbocycles. The minimum atomic E-state index is -0.770. The number of halogens is 3. The Bertz CT molecular complexity index is 567. The molecule has 0 unspecified atom stereocenters. The van der Waals surface area contributed by atoms with E-state index in [0.717, 1.165) is 6.07 Å². The van der Waals surface area contributed by atoms with Crippen molar-refractivity contribution in [2.24, 2.45) is 0 Å². The molecule has 0 atom stereocenters. The summed E-state index contributed by atoms with van der Waals surface area (Å²) in [4.78, 5) is 11.0. The quantitative estimate of drug-likeness (QED) is 0.732. The molecule has 0 bridgehead atoms. The lowest BCUT2D eigenvalue weighted by atomic mass is 10.0. The second-order valence-corrected chi connectivity index (χ2v) is 4.20. The number of carbonyl (C=O) groups is 1. The molecule has 1 nitrogen and oxygen atoms in total. The third kappa shape index (κ3) is 2.48. The molecular formula is C13H7Cl2FO. The molecule has 17 heavy (non-hydrogen) atoms. The van der Waals surface area contributed by atoms with E-state index in [1.807, 2.05) is 6.07 Å². The summed E-state index contributed by atoms with van der Waals surface area (Å²) >= 11 is 11.2. The van der Waals surface area contributed by atoms with E-state index in [-0.39, 0.29) is 10.6 Å². The van der Waals surface area contributed by atoms with Crippen LogP contribution in [0.2, 0.25) is 5.02 Å². The fourth-order valence-corrected chi connectivity index (χ4v) is 1.99. The molecule has 0 amide bonds. The topological polar surface area (TPSA) is 17.1 Å². The molecule has 86 valence electrons. The van der Waals surface area contributed by atoms with Crippen molar-refractivity contribution >= 4 is 28.4 Å². The van der Waals surface area contributed by atoms with E-state index in [1.54, 1.807) is 24.3 Å². The van der Waals surface area contributed by atoms with Gasteiger partial charge in [0.2, 0.25) is 0 Å². The van der Waals surface area contributed by atoms with E-state index in [9.17, 15) is 9.18 Å². The van der Waals surface area contributed by atoms with Crippen LogP contribution in [0.25, 0.3) is 11.1 Å². The molecule has 0 aliphatic heterocycles. The van der Waals surface area contributed by atoms with Crippen LogP contribution in [0.3, 0.4) is 0 Å².